The second kappa shape index (κ2) is 8.99. The van der Waals surface area contributed by atoms with Crippen molar-refractivity contribution in [1.29, 1.82) is 0 Å². The molecular weight excluding hydrogens is 352 g/mol. The first-order chi connectivity index (χ1) is 12.9. The van der Waals surface area contributed by atoms with E-state index < -0.39 is 5.97 Å². The normalized spacial score (nSPS) is 9.70. The maximum atomic E-state index is 10.6. The van der Waals surface area contributed by atoms with Crippen molar-refractivity contribution in [3.8, 4) is 11.5 Å². The van der Waals surface area contributed by atoms with Crippen LogP contribution in [0.2, 0.25) is 0 Å². The fraction of sp³-hybridized carbons (Fsp3) is 0.111. The predicted octanol–water partition coefficient (Wildman–Crippen LogP) is 2.25. The zero-order chi connectivity index (χ0) is 19.8. The summed E-state index contributed by atoms with van der Waals surface area (Å²) in [4.78, 5) is 38.4. The molecule has 0 aliphatic heterocycles. The lowest BCUT2D eigenvalue weighted by atomic mass is 10.2. The summed E-state index contributed by atoms with van der Waals surface area (Å²) in [6.45, 7) is 2.67. The number of aromatic amines is 1. The number of nitrogens with zero attached hydrogens (tertiary/aromatic N) is 1. The third kappa shape index (κ3) is 5.85. The number of ether oxygens (including phenoxy) is 2. The molecule has 9 nitrogen and oxygen atoms in total. The maximum Gasteiger partial charge on any atom is 0.308 e. The van der Waals surface area contributed by atoms with Crippen LogP contribution >= 0.6 is 0 Å². The first-order valence-corrected chi connectivity index (χ1v) is 7.78. The summed E-state index contributed by atoms with van der Waals surface area (Å²) < 4.78 is 9.70. The number of fused-ring (bicyclic) bond motifs is 1. The summed E-state index contributed by atoms with van der Waals surface area (Å²) in [5.74, 6) is 0.148. The summed E-state index contributed by atoms with van der Waals surface area (Å²) in [6, 6.07) is 9.82. The van der Waals surface area contributed by atoms with Crippen LogP contribution in [-0.2, 0) is 14.4 Å². The van der Waals surface area contributed by atoms with Crippen LogP contribution in [0.25, 0.3) is 11.0 Å². The lowest BCUT2D eigenvalue weighted by Crippen LogP contribution is -2.03. The average Bonchev–Trinajstić information content (AvgIpc) is 3.05. The first-order valence-electron chi connectivity index (χ1n) is 7.78. The van der Waals surface area contributed by atoms with E-state index >= 15 is 0 Å². The van der Waals surface area contributed by atoms with Gasteiger partial charge in [0.25, 0.3) is 0 Å². The quantitative estimate of drug-likeness (QED) is 0.277. The van der Waals surface area contributed by atoms with Gasteiger partial charge in [0, 0.05) is 26.0 Å². The lowest BCUT2D eigenvalue weighted by Gasteiger charge is -2.06. The summed E-state index contributed by atoms with van der Waals surface area (Å²) >= 11 is 0. The van der Waals surface area contributed by atoms with Crippen LogP contribution in [0.4, 0.5) is 11.4 Å². The van der Waals surface area contributed by atoms with E-state index in [2.05, 4.69) is 15.3 Å². The number of hydrogen-bond donors (Lipinski definition) is 3. The third-order valence-electron chi connectivity index (χ3n) is 3.15. The summed E-state index contributed by atoms with van der Waals surface area (Å²) in [5.41, 5.74) is 8.11. The molecule has 0 radical (unpaired) electrons. The molecule has 3 aromatic rings. The van der Waals surface area contributed by atoms with Gasteiger partial charge in [0.05, 0.1) is 28.7 Å². The van der Waals surface area contributed by atoms with Gasteiger partial charge < -0.3 is 25.5 Å². The van der Waals surface area contributed by atoms with Crippen LogP contribution in [0.3, 0.4) is 0 Å². The van der Waals surface area contributed by atoms with Crippen molar-refractivity contribution >= 4 is 40.8 Å². The van der Waals surface area contributed by atoms with E-state index in [-0.39, 0.29) is 5.97 Å². The Bertz CT molecular complexity index is 967. The maximum absolute atomic E-state index is 10.6. The van der Waals surface area contributed by atoms with Gasteiger partial charge in [0.2, 0.25) is 6.41 Å². The second-order valence-corrected chi connectivity index (χ2v) is 5.28. The number of imidazole rings is 1. The van der Waals surface area contributed by atoms with E-state index in [0.29, 0.717) is 29.3 Å². The minimum Gasteiger partial charge on any atom is -0.427 e. The van der Waals surface area contributed by atoms with E-state index in [4.69, 9.17) is 15.2 Å². The number of nitrogens with one attached hydrogen (secondary N) is 2. The highest BCUT2D eigenvalue weighted by atomic mass is 16.5. The molecule has 0 fully saturated rings. The number of amides is 1. The number of anilines is 2. The van der Waals surface area contributed by atoms with Crippen LogP contribution in [0.5, 0.6) is 11.5 Å². The number of H-pyrrole nitrogens is 1. The summed E-state index contributed by atoms with van der Waals surface area (Å²) in [5, 5.41) is 2.41. The highest BCUT2D eigenvalue weighted by Gasteiger charge is 2.02. The number of carbonyl (C=O) groups is 3. The molecule has 0 saturated carbocycles. The van der Waals surface area contributed by atoms with Gasteiger partial charge >= 0.3 is 11.9 Å². The van der Waals surface area contributed by atoms with Gasteiger partial charge in [-0.1, -0.05) is 0 Å². The molecule has 0 spiro atoms. The Kier molecular flexibility index (Phi) is 6.48. The van der Waals surface area contributed by atoms with Crippen LogP contribution < -0.4 is 20.5 Å². The van der Waals surface area contributed by atoms with Crippen LogP contribution in [0.15, 0.2) is 42.7 Å². The molecule has 0 aliphatic carbocycles. The predicted molar refractivity (Wildman–Crippen MR) is 99.3 cm³/mol. The summed E-state index contributed by atoms with van der Waals surface area (Å²) in [7, 11) is 0. The number of esters is 2. The van der Waals surface area contributed by atoms with Crippen molar-refractivity contribution in [3.63, 3.8) is 0 Å². The molecule has 1 aromatic heterocycles. The Hall–Kier alpha value is -3.88. The number of rotatable bonds is 4. The molecule has 3 rings (SSSR count). The highest BCUT2D eigenvalue weighted by Crippen LogP contribution is 2.23. The highest BCUT2D eigenvalue weighted by molar-refractivity contribution is 5.81. The molecule has 2 aromatic carbocycles. The van der Waals surface area contributed by atoms with E-state index in [0.717, 1.165) is 11.0 Å². The Labute approximate surface area is 154 Å². The van der Waals surface area contributed by atoms with Crippen molar-refractivity contribution in [2.24, 2.45) is 0 Å². The minimum atomic E-state index is -0.416. The van der Waals surface area contributed by atoms with Crippen molar-refractivity contribution in [3.05, 3.63) is 42.7 Å². The zero-order valence-electron chi connectivity index (χ0n) is 14.7. The van der Waals surface area contributed by atoms with Crippen LogP contribution in [0.1, 0.15) is 13.8 Å². The topological polar surface area (TPSA) is 136 Å². The number of nitrogen functional groups attached to an aromatic ring is 1. The molecule has 0 bridgehead atoms. The van der Waals surface area contributed by atoms with Crippen LogP contribution in [0, 0.1) is 0 Å². The monoisotopic (exact) mass is 370 g/mol. The molecule has 0 unspecified atom stereocenters. The van der Waals surface area contributed by atoms with Crippen molar-refractivity contribution < 1.29 is 23.9 Å². The molecule has 0 atom stereocenters. The van der Waals surface area contributed by atoms with Crippen molar-refractivity contribution in [2.45, 2.75) is 13.8 Å². The largest absolute Gasteiger partial charge is 0.427 e. The first kappa shape index (κ1) is 19.4. The van der Waals surface area contributed by atoms with E-state index in [1.54, 1.807) is 36.7 Å². The fourth-order valence-electron chi connectivity index (χ4n) is 2.11. The number of nitrogens with two attached hydrogens (primary N) is 1. The van der Waals surface area contributed by atoms with Crippen molar-refractivity contribution in [2.75, 3.05) is 11.1 Å². The van der Waals surface area contributed by atoms with Gasteiger partial charge in [0.15, 0.2) is 0 Å². The molecule has 27 heavy (non-hydrogen) atoms. The number of hydrogen-bond acceptors (Lipinski definition) is 7. The van der Waals surface area contributed by atoms with Gasteiger partial charge in [-0.25, -0.2) is 4.98 Å². The van der Waals surface area contributed by atoms with Crippen LogP contribution in [-0.4, -0.2) is 28.3 Å². The standard InChI is InChI=1S/C9H10N2O3.C9H8N2O2/c1-6(13)14-7-2-3-9(11-5-12)8(10)4-7;1-6(12)13-7-2-3-8-9(4-7)11-5-10-8/h2-5H,10H2,1H3,(H,11,12);2-5H,1H3,(H,10,11). The van der Waals surface area contributed by atoms with Gasteiger partial charge in [-0.05, 0) is 24.3 Å². The number of carbonyl (C=O) groups excluding carboxylic acids is 3. The summed E-state index contributed by atoms with van der Waals surface area (Å²) in [6.07, 6.45) is 2.12. The van der Waals surface area contributed by atoms with E-state index in [1.165, 1.54) is 19.9 Å². The van der Waals surface area contributed by atoms with Gasteiger partial charge in [-0.3, -0.25) is 14.4 Å². The molecule has 4 N–H and O–H groups in total. The zero-order valence-corrected chi connectivity index (χ0v) is 14.7. The number of aromatic nitrogens is 2. The Morgan fingerprint density at radius 1 is 1.07 bits per heavy atom. The molecule has 0 saturated heterocycles. The van der Waals surface area contributed by atoms with Gasteiger partial charge in [-0.2, -0.15) is 0 Å². The van der Waals surface area contributed by atoms with Gasteiger partial charge in [-0.15, -0.1) is 0 Å². The molecule has 1 heterocycles. The van der Waals surface area contributed by atoms with Gasteiger partial charge in [0.1, 0.15) is 11.5 Å². The minimum absolute atomic E-state index is 0.320. The lowest BCUT2D eigenvalue weighted by molar-refractivity contribution is -0.132. The fourth-order valence-corrected chi connectivity index (χ4v) is 2.11. The molecular formula is C18H18N4O5. The smallest absolute Gasteiger partial charge is 0.308 e. The van der Waals surface area contributed by atoms with Crippen molar-refractivity contribution in [1.82, 2.24) is 9.97 Å². The Balaban J connectivity index is 0.000000194. The Morgan fingerprint density at radius 2 is 1.70 bits per heavy atom. The third-order valence-corrected chi connectivity index (χ3v) is 3.15. The molecule has 0 aliphatic rings. The van der Waals surface area contributed by atoms with E-state index in [1.807, 2.05) is 0 Å². The molecule has 140 valence electrons. The van der Waals surface area contributed by atoms with E-state index in [9.17, 15) is 14.4 Å². The average molecular weight is 370 g/mol. The SMILES string of the molecule is CC(=O)Oc1ccc(NC=O)c(N)c1.CC(=O)Oc1ccc2nc[nH]c2c1. The number of benzene rings is 2. The Morgan fingerprint density at radius 3 is 2.30 bits per heavy atom. The second-order valence-electron chi connectivity index (χ2n) is 5.28. The molecule has 1 amide bonds. The molecule has 9 heteroatoms.